The lowest BCUT2D eigenvalue weighted by Gasteiger charge is -2.08. The summed E-state index contributed by atoms with van der Waals surface area (Å²) < 4.78 is 37.5. The lowest BCUT2D eigenvalue weighted by molar-refractivity contribution is -0.137. The van der Waals surface area contributed by atoms with Gasteiger partial charge in [0.25, 0.3) is 0 Å². The molecule has 2 aromatic rings. The molecular formula is C17H14F3NO2. The van der Waals surface area contributed by atoms with Crippen LogP contribution in [0.5, 0.6) is 0 Å². The fraction of sp³-hybridized carbons (Fsp3) is 0.176. The van der Waals surface area contributed by atoms with Gasteiger partial charge < -0.3 is 5.11 Å². The first-order valence-electron chi connectivity index (χ1n) is 6.80. The van der Waals surface area contributed by atoms with E-state index in [2.05, 4.69) is 11.7 Å². The molecule has 2 rings (SSSR count). The number of hydrogen-bond acceptors (Lipinski definition) is 2. The van der Waals surface area contributed by atoms with Crippen LogP contribution in [0.1, 0.15) is 27.0 Å². The Morgan fingerprint density at radius 3 is 2.13 bits per heavy atom. The van der Waals surface area contributed by atoms with Gasteiger partial charge in [-0.3, -0.25) is 4.99 Å². The molecule has 0 saturated carbocycles. The predicted octanol–water partition coefficient (Wildman–Crippen LogP) is 4.52. The van der Waals surface area contributed by atoms with Crippen molar-refractivity contribution in [2.45, 2.75) is 19.0 Å². The van der Waals surface area contributed by atoms with Gasteiger partial charge in [-0.05, 0) is 55.0 Å². The topological polar surface area (TPSA) is 49.7 Å². The molecule has 1 N–H and O–H groups in total. The summed E-state index contributed by atoms with van der Waals surface area (Å²) in [4.78, 5) is 14.7. The predicted molar refractivity (Wildman–Crippen MR) is 81.5 cm³/mol. The second kappa shape index (κ2) is 6.64. The van der Waals surface area contributed by atoms with Crippen LogP contribution >= 0.6 is 0 Å². The van der Waals surface area contributed by atoms with Crippen molar-refractivity contribution < 1.29 is 23.1 Å². The number of carbonyl (C=O) groups is 1. The summed E-state index contributed by atoms with van der Waals surface area (Å²) in [5, 5.41) is 9.01. The Labute approximate surface area is 131 Å². The molecule has 3 nitrogen and oxygen atoms in total. The Balaban J connectivity index is 2.09. The summed E-state index contributed by atoms with van der Waals surface area (Å²) in [7, 11) is 0. The van der Waals surface area contributed by atoms with Crippen molar-refractivity contribution in [1.29, 1.82) is 0 Å². The number of aryl methyl sites for hydroxylation is 2. The van der Waals surface area contributed by atoms with E-state index >= 15 is 0 Å². The normalized spacial score (nSPS) is 11.3. The van der Waals surface area contributed by atoms with Gasteiger partial charge in [-0.2, -0.15) is 13.2 Å². The van der Waals surface area contributed by atoms with Gasteiger partial charge in [0, 0.05) is 0 Å². The second-order valence-corrected chi connectivity index (χ2v) is 5.01. The quantitative estimate of drug-likeness (QED) is 0.823. The van der Waals surface area contributed by atoms with Gasteiger partial charge in [-0.1, -0.05) is 18.2 Å². The fourth-order valence-electron chi connectivity index (χ4n) is 2.19. The molecule has 23 heavy (non-hydrogen) atoms. The highest BCUT2D eigenvalue weighted by Crippen LogP contribution is 2.29. The molecule has 0 atom stereocenters. The summed E-state index contributed by atoms with van der Waals surface area (Å²) in [6, 6.07) is 9.75. The molecule has 0 amide bonds. The molecule has 0 fully saturated rings. The van der Waals surface area contributed by atoms with E-state index in [0.717, 1.165) is 23.3 Å². The Bertz CT molecular complexity index is 722. The maximum absolute atomic E-state index is 12.5. The Morgan fingerprint density at radius 1 is 1.04 bits per heavy atom. The minimum absolute atomic E-state index is 0.0679. The number of nitrogens with zero attached hydrogens (tertiary/aromatic N) is 1. The number of aromatic carboxylic acids is 1. The van der Waals surface area contributed by atoms with Crippen molar-refractivity contribution in [3.8, 4) is 0 Å². The summed E-state index contributed by atoms with van der Waals surface area (Å²) in [6.45, 7) is 3.35. The van der Waals surface area contributed by atoms with Crippen molar-refractivity contribution in [2.75, 3.05) is 0 Å². The van der Waals surface area contributed by atoms with E-state index in [0.29, 0.717) is 12.8 Å². The third-order valence-corrected chi connectivity index (χ3v) is 3.45. The zero-order valence-corrected chi connectivity index (χ0v) is 12.1. The lowest BCUT2D eigenvalue weighted by atomic mass is 10.0. The monoisotopic (exact) mass is 321 g/mol. The minimum atomic E-state index is -4.34. The molecule has 0 heterocycles. The number of halogens is 3. The number of carboxylic acids is 1. The molecule has 0 saturated heterocycles. The zero-order chi connectivity index (χ0) is 17.0. The van der Waals surface area contributed by atoms with Crippen molar-refractivity contribution in [1.82, 2.24) is 0 Å². The van der Waals surface area contributed by atoms with Crippen LogP contribution < -0.4 is 0 Å². The van der Waals surface area contributed by atoms with E-state index in [9.17, 15) is 18.0 Å². The molecule has 120 valence electrons. The van der Waals surface area contributed by atoms with E-state index < -0.39 is 17.7 Å². The van der Waals surface area contributed by atoms with Crippen LogP contribution in [-0.4, -0.2) is 17.8 Å². The molecule has 0 bridgehead atoms. The van der Waals surface area contributed by atoms with E-state index in [-0.39, 0.29) is 11.3 Å². The number of aliphatic imine (C=N–C) groups is 1. The van der Waals surface area contributed by atoms with E-state index in [1.807, 2.05) is 0 Å². The first-order chi connectivity index (χ1) is 10.8. The Hall–Kier alpha value is -2.63. The highest BCUT2D eigenvalue weighted by molar-refractivity contribution is 5.93. The van der Waals surface area contributed by atoms with Crippen LogP contribution in [-0.2, 0) is 19.0 Å². The van der Waals surface area contributed by atoms with Gasteiger partial charge in [-0.25, -0.2) is 4.79 Å². The maximum atomic E-state index is 12.5. The van der Waals surface area contributed by atoms with Gasteiger partial charge in [0.1, 0.15) is 0 Å². The van der Waals surface area contributed by atoms with E-state index in [1.54, 1.807) is 12.1 Å². The highest BCUT2D eigenvalue weighted by Gasteiger charge is 2.29. The van der Waals surface area contributed by atoms with Crippen LogP contribution in [0.15, 0.2) is 47.5 Å². The molecule has 0 spiro atoms. The number of carboxylic acid groups (broad SMARTS) is 1. The first-order valence-corrected chi connectivity index (χ1v) is 6.80. The van der Waals surface area contributed by atoms with Crippen molar-refractivity contribution in [3.63, 3.8) is 0 Å². The third kappa shape index (κ3) is 4.18. The van der Waals surface area contributed by atoms with Crippen LogP contribution in [0.4, 0.5) is 18.9 Å². The molecule has 2 aromatic carbocycles. The average molecular weight is 321 g/mol. The number of benzene rings is 2. The highest BCUT2D eigenvalue weighted by atomic mass is 19.4. The van der Waals surface area contributed by atoms with E-state index in [1.165, 1.54) is 18.2 Å². The summed E-state index contributed by atoms with van der Waals surface area (Å²) in [6.07, 6.45) is -3.23. The van der Waals surface area contributed by atoms with E-state index in [4.69, 9.17) is 5.11 Å². The first kappa shape index (κ1) is 16.7. The summed E-state index contributed by atoms with van der Waals surface area (Å²) in [5.41, 5.74) is 1.29. The molecular weight excluding hydrogens is 307 g/mol. The number of hydrogen-bond donors (Lipinski definition) is 1. The second-order valence-electron chi connectivity index (χ2n) is 5.01. The van der Waals surface area contributed by atoms with Gasteiger partial charge in [0.05, 0.1) is 16.8 Å². The zero-order valence-electron chi connectivity index (χ0n) is 12.1. The fourth-order valence-corrected chi connectivity index (χ4v) is 2.19. The Kier molecular flexibility index (Phi) is 4.83. The number of rotatable bonds is 5. The van der Waals surface area contributed by atoms with Crippen LogP contribution in [0.3, 0.4) is 0 Å². The molecule has 0 aliphatic carbocycles. The average Bonchev–Trinajstić information content (AvgIpc) is 2.52. The molecule has 0 unspecified atom stereocenters. The standard InChI is InChI=1S/C17H14F3NO2/c1-21-15-10-12(6-9-14(15)16(22)23)3-2-11-4-7-13(8-5-11)17(18,19)20/h4-10H,1-3H2,(H,22,23). The van der Waals surface area contributed by atoms with Gasteiger partial charge >= 0.3 is 12.1 Å². The van der Waals surface area contributed by atoms with Gasteiger partial charge in [0.15, 0.2) is 0 Å². The van der Waals surface area contributed by atoms with Gasteiger partial charge in [-0.15, -0.1) is 0 Å². The van der Waals surface area contributed by atoms with Crippen molar-refractivity contribution in [2.24, 2.45) is 4.99 Å². The lowest BCUT2D eigenvalue weighted by Crippen LogP contribution is -2.04. The largest absolute Gasteiger partial charge is 0.478 e. The van der Waals surface area contributed by atoms with Crippen LogP contribution in [0, 0.1) is 0 Å². The molecule has 0 aliphatic rings. The smallest absolute Gasteiger partial charge is 0.416 e. The Morgan fingerprint density at radius 2 is 1.61 bits per heavy atom. The van der Waals surface area contributed by atoms with Gasteiger partial charge in [0.2, 0.25) is 0 Å². The molecule has 0 radical (unpaired) electrons. The third-order valence-electron chi connectivity index (χ3n) is 3.45. The van der Waals surface area contributed by atoms with Crippen LogP contribution in [0.2, 0.25) is 0 Å². The SMILES string of the molecule is C=Nc1cc(CCc2ccc(C(F)(F)F)cc2)ccc1C(=O)O. The van der Waals surface area contributed by atoms with Crippen molar-refractivity contribution in [3.05, 3.63) is 64.7 Å². The molecule has 6 heteroatoms. The summed E-state index contributed by atoms with van der Waals surface area (Å²) in [5.74, 6) is -1.08. The van der Waals surface area contributed by atoms with Crippen LogP contribution in [0.25, 0.3) is 0 Å². The maximum Gasteiger partial charge on any atom is 0.416 e. The summed E-state index contributed by atoms with van der Waals surface area (Å²) >= 11 is 0. The number of alkyl halides is 3. The molecule has 0 aromatic heterocycles. The molecule has 0 aliphatic heterocycles. The minimum Gasteiger partial charge on any atom is -0.478 e. The van der Waals surface area contributed by atoms with Crippen molar-refractivity contribution >= 4 is 18.4 Å².